The van der Waals surface area contributed by atoms with Crippen molar-refractivity contribution < 1.29 is 23.2 Å². The van der Waals surface area contributed by atoms with Crippen molar-refractivity contribution in [3.05, 3.63) is 33.9 Å². The maximum absolute atomic E-state index is 12.8. The number of hydrogen-bond acceptors (Lipinski definition) is 4. The van der Waals surface area contributed by atoms with E-state index in [4.69, 9.17) is 0 Å². The second-order valence-corrected chi connectivity index (χ2v) is 5.01. The highest BCUT2D eigenvalue weighted by Crippen LogP contribution is 2.37. The van der Waals surface area contributed by atoms with Gasteiger partial charge in [-0.1, -0.05) is 13.8 Å². The van der Waals surface area contributed by atoms with Crippen LogP contribution in [0.4, 0.5) is 24.5 Å². The number of nitrogens with zero attached hydrogens (tertiary/aromatic N) is 1. The highest BCUT2D eigenvalue weighted by Gasteiger charge is 2.38. The zero-order chi connectivity index (χ0) is 16.2. The standard InChI is InChI=1S/C13H17F3N2O3/c1-8(2)12(19)5-6-17-9-3-4-11(18(20)21)10(7-9)13(14,15)16/h3-4,7-8,12,17,19H,5-6H2,1-2H3. The van der Waals surface area contributed by atoms with Crippen molar-refractivity contribution in [2.45, 2.75) is 32.5 Å². The van der Waals surface area contributed by atoms with Gasteiger partial charge in [-0.3, -0.25) is 10.1 Å². The summed E-state index contributed by atoms with van der Waals surface area (Å²) in [5.74, 6) is 0.0504. The van der Waals surface area contributed by atoms with Crippen LogP contribution in [0.1, 0.15) is 25.8 Å². The molecule has 1 aromatic rings. The third-order valence-corrected chi connectivity index (χ3v) is 3.04. The van der Waals surface area contributed by atoms with E-state index in [1.807, 2.05) is 13.8 Å². The third kappa shape index (κ3) is 4.89. The van der Waals surface area contributed by atoms with Crippen molar-refractivity contribution in [1.82, 2.24) is 0 Å². The van der Waals surface area contributed by atoms with E-state index in [0.717, 1.165) is 6.07 Å². The average molecular weight is 306 g/mol. The Hall–Kier alpha value is -1.83. The van der Waals surface area contributed by atoms with E-state index < -0.39 is 28.5 Å². The first-order valence-corrected chi connectivity index (χ1v) is 6.40. The van der Waals surface area contributed by atoms with Gasteiger partial charge in [0.15, 0.2) is 0 Å². The van der Waals surface area contributed by atoms with Crippen molar-refractivity contribution >= 4 is 11.4 Å². The molecule has 1 atom stereocenters. The first kappa shape index (κ1) is 17.2. The quantitative estimate of drug-likeness (QED) is 0.623. The van der Waals surface area contributed by atoms with Gasteiger partial charge in [-0.25, -0.2) is 0 Å². The molecular weight excluding hydrogens is 289 g/mol. The van der Waals surface area contributed by atoms with E-state index >= 15 is 0 Å². The van der Waals surface area contributed by atoms with Crippen LogP contribution in [0.25, 0.3) is 0 Å². The van der Waals surface area contributed by atoms with Gasteiger partial charge < -0.3 is 10.4 Å². The van der Waals surface area contributed by atoms with Crippen LogP contribution >= 0.6 is 0 Å². The number of aliphatic hydroxyl groups is 1. The van der Waals surface area contributed by atoms with Gasteiger partial charge in [0.1, 0.15) is 5.56 Å². The van der Waals surface area contributed by atoms with E-state index in [2.05, 4.69) is 5.32 Å². The first-order valence-electron chi connectivity index (χ1n) is 6.40. The van der Waals surface area contributed by atoms with Crippen LogP contribution in [-0.4, -0.2) is 22.7 Å². The molecule has 0 aromatic heterocycles. The molecule has 2 N–H and O–H groups in total. The van der Waals surface area contributed by atoms with Gasteiger partial charge in [0.25, 0.3) is 5.69 Å². The molecule has 0 amide bonds. The summed E-state index contributed by atoms with van der Waals surface area (Å²) in [7, 11) is 0. The van der Waals surface area contributed by atoms with Crippen LogP contribution < -0.4 is 5.32 Å². The molecular formula is C13H17F3N2O3. The Balaban J connectivity index is 2.84. The fraction of sp³-hybridized carbons (Fsp3) is 0.538. The fourth-order valence-corrected chi connectivity index (χ4v) is 1.73. The lowest BCUT2D eigenvalue weighted by Crippen LogP contribution is -2.19. The minimum atomic E-state index is -4.79. The lowest BCUT2D eigenvalue weighted by molar-refractivity contribution is -0.388. The molecule has 0 heterocycles. The minimum absolute atomic E-state index is 0.0504. The third-order valence-electron chi connectivity index (χ3n) is 3.04. The molecule has 8 heteroatoms. The van der Waals surface area contributed by atoms with E-state index in [-0.39, 0.29) is 18.2 Å². The molecule has 118 valence electrons. The summed E-state index contributed by atoms with van der Waals surface area (Å²) in [6.45, 7) is 3.94. The topological polar surface area (TPSA) is 75.4 Å². The summed E-state index contributed by atoms with van der Waals surface area (Å²) >= 11 is 0. The Morgan fingerprint density at radius 2 is 2.00 bits per heavy atom. The van der Waals surface area contributed by atoms with Crippen molar-refractivity contribution in [3.8, 4) is 0 Å². The number of benzene rings is 1. The molecule has 1 unspecified atom stereocenters. The number of rotatable bonds is 6. The van der Waals surface area contributed by atoms with Crippen LogP contribution in [0.5, 0.6) is 0 Å². The molecule has 1 aromatic carbocycles. The second-order valence-electron chi connectivity index (χ2n) is 5.01. The van der Waals surface area contributed by atoms with Gasteiger partial charge in [0, 0.05) is 18.3 Å². The van der Waals surface area contributed by atoms with Crippen LogP contribution in [0.2, 0.25) is 0 Å². The van der Waals surface area contributed by atoms with E-state index in [1.165, 1.54) is 6.07 Å². The smallest absolute Gasteiger partial charge is 0.393 e. The summed E-state index contributed by atoms with van der Waals surface area (Å²) in [5.41, 5.74) is -2.14. The van der Waals surface area contributed by atoms with Gasteiger partial charge in [0.2, 0.25) is 0 Å². The first-order chi connectivity index (χ1) is 9.62. The second kappa shape index (κ2) is 6.75. The molecule has 21 heavy (non-hydrogen) atoms. The number of nitrogens with one attached hydrogen (secondary N) is 1. The zero-order valence-corrected chi connectivity index (χ0v) is 11.6. The van der Waals surface area contributed by atoms with Gasteiger partial charge in [0.05, 0.1) is 11.0 Å². The number of alkyl halides is 3. The predicted molar refractivity (Wildman–Crippen MR) is 72.0 cm³/mol. The molecule has 0 bridgehead atoms. The van der Waals surface area contributed by atoms with E-state index in [1.54, 1.807) is 0 Å². The number of aliphatic hydroxyl groups excluding tert-OH is 1. The maximum Gasteiger partial charge on any atom is 0.423 e. The summed E-state index contributed by atoms with van der Waals surface area (Å²) in [5, 5.41) is 22.9. The molecule has 0 saturated carbocycles. The molecule has 5 nitrogen and oxygen atoms in total. The van der Waals surface area contributed by atoms with Crippen molar-refractivity contribution in [3.63, 3.8) is 0 Å². The highest BCUT2D eigenvalue weighted by molar-refractivity contribution is 5.55. The largest absolute Gasteiger partial charge is 0.423 e. The molecule has 0 aliphatic rings. The molecule has 0 radical (unpaired) electrons. The van der Waals surface area contributed by atoms with Gasteiger partial charge in [-0.2, -0.15) is 13.2 Å². The summed E-state index contributed by atoms with van der Waals surface area (Å²) < 4.78 is 38.3. The van der Waals surface area contributed by atoms with E-state index in [0.29, 0.717) is 12.5 Å². The molecule has 0 saturated heterocycles. The minimum Gasteiger partial charge on any atom is -0.393 e. The molecule has 1 rings (SSSR count). The lowest BCUT2D eigenvalue weighted by Gasteiger charge is -2.15. The fourth-order valence-electron chi connectivity index (χ4n) is 1.73. The van der Waals surface area contributed by atoms with E-state index in [9.17, 15) is 28.4 Å². The number of nitro benzene ring substituents is 1. The monoisotopic (exact) mass is 306 g/mol. The zero-order valence-electron chi connectivity index (χ0n) is 11.6. The Kier molecular flexibility index (Phi) is 5.54. The van der Waals surface area contributed by atoms with Crippen LogP contribution in [0, 0.1) is 16.0 Å². The van der Waals surface area contributed by atoms with Crippen LogP contribution in [0.3, 0.4) is 0 Å². The highest BCUT2D eigenvalue weighted by atomic mass is 19.4. The normalized spacial score (nSPS) is 13.3. The summed E-state index contributed by atoms with van der Waals surface area (Å²) in [4.78, 5) is 9.55. The summed E-state index contributed by atoms with van der Waals surface area (Å²) in [6, 6.07) is 2.75. The van der Waals surface area contributed by atoms with Gasteiger partial charge in [-0.05, 0) is 24.5 Å². The number of hydrogen-bond donors (Lipinski definition) is 2. The Morgan fingerprint density at radius 1 is 1.38 bits per heavy atom. The van der Waals surface area contributed by atoms with Crippen molar-refractivity contribution in [2.24, 2.45) is 5.92 Å². The van der Waals surface area contributed by atoms with Crippen molar-refractivity contribution in [2.75, 3.05) is 11.9 Å². The van der Waals surface area contributed by atoms with Gasteiger partial charge in [-0.15, -0.1) is 0 Å². The number of nitro groups is 1. The predicted octanol–water partition coefficient (Wildman–Crippen LogP) is 3.43. The van der Waals surface area contributed by atoms with Gasteiger partial charge >= 0.3 is 6.18 Å². The number of anilines is 1. The maximum atomic E-state index is 12.8. The molecule has 0 aliphatic carbocycles. The average Bonchev–Trinajstić information content (AvgIpc) is 2.37. The van der Waals surface area contributed by atoms with Crippen molar-refractivity contribution in [1.29, 1.82) is 0 Å². The molecule has 0 fully saturated rings. The molecule has 0 aliphatic heterocycles. The number of halogens is 3. The van der Waals surface area contributed by atoms with Crippen LogP contribution in [0.15, 0.2) is 18.2 Å². The lowest BCUT2D eigenvalue weighted by atomic mass is 10.0. The Labute approximate surface area is 119 Å². The Bertz CT molecular complexity index is 504. The Morgan fingerprint density at radius 3 is 2.48 bits per heavy atom. The SMILES string of the molecule is CC(C)C(O)CCNc1ccc([N+](=O)[O-])c(C(F)(F)F)c1. The van der Waals surface area contributed by atoms with Crippen LogP contribution in [-0.2, 0) is 6.18 Å². The molecule has 0 spiro atoms. The summed E-state index contributed by atoms with van der Waals surface area (Å²) in [6.07, 6.45) is -4.98.